The van der Waals surface area contributed by atoms with Gasteiger partial charge in [-0.3, -0.25) is 0 Å². The maximum absolute atomic E-state index is 13.6. The molecular weight excluding hydrogens is 606 g/mol. The molecule has 0 aromatic carbocycles. The highest BCUT2D eigenvalue weighted by molar-refractivity contribution is 5.17. The van der Waals surface area contributed by atoms with Gasteiger partial charge in [0.05, 0.1) is 0 Å². The number of aliphatic hydroxyl groups is 3. The van der Waals surface area contributed by atoms with Crippen molar-refractivity contribution >= 4 is 0 Å². The SMILES string of the molecule is CC1C(C(O)(C(F)(F)F)C(F)(F)F)C(C)C(C(O)(C(F)(F)F)C(F)(F)F)C(C)C1C(O)(C(F)(F)F)C(F)(F)F. The van der Waals surface area contributed by atoms with Gasteiger partial charge in [0.1, 0.15) is 0 Å². The molecule has 0 amide bonds. The first-order valence-electron chi connectivity index (χ1n) is 10.2. The Hall–Kier alpha value is -1.38. The molecule has 0 unspecified atom stereocenters. The Bertz CT molecular complexity index is 709. The maximum Gasteiger partial charge on any atom is 0.426 e. The highest BCUT2D eigenvalue weighted by Crippen LogP contribution is 2.67. The van der Waals surface area contributed by atoms with Gasteiger partial charge in [0.15, 0.2) is 0 Å². The van der Waals surface area contributed by atoms with Gasteiger partial charge < -0.3 is 15.3 Å². The molecule has 0 radical (unpaired) electrons. The fraction of sp³-hybridized carbons (Fsp3) is 1.00. The van der Waals surface area contributed by atoms with E-state index in [1.807, 2.05) is 0 Å². The van der Waals surface area contributed by atoms with Crippen molar-refractivity contribution in [1.82, 2.24) is 0 Å². The summed E-state index contributed by atoms with van der Waals surface area (Å²) in [5.74, 6) is -24.0. The number of hydrogen-bond acceptors (Lipinski definition) is 3. The molecule has 3 N–H and O–H groups in total. The minimum absolute atomic E-state index is 0.274. The standard InChI is InChI=1S/C18H18F18O3/c1-4-7(10(37,13(19,20)21)14(22,23)24)5(2)9(12(39,17(31,32)33)18(34,35)36)6(3)8(4)11(38,15(25,26)27)16(28,29)30/h4-9,37-39H,1-3H3. The topological polar surface area (TPSA) is 60.7 Å². The Morgan fingerprint density at radius 2 is 0.410 bits per heavy atom. The van der Waals surface area contributed by atoms with E-state index in [2.05, 4.69) is 0 Å². The molecule has 0 aromatic heterocycles. The van der Waals surface area contributed by atoms with Crippen LogP contribution in [0.15, 0.2) is 0 Å². The minimum Gasteiger partial charge on any atom is -0.373 e. The van der Waals surface area contributed by atoms with Crippen LogP contribution in [0, 0.1) is 35.5 Å². The van der Waals surface area contributed by atoms with Crippen LogP contribution in [-0.2, 0) is 0 Å². The summed E-state index contributed by atoms with van der Waals surface area (Å²) >= 11 is 0. The Morgan fingerprint density at radius 1 is 0.308 bits per heavy atom. The smallest absolute Gasteiger partial charge is 0.373 e. The van der Waals surface area contributed by atoms with E-state index in [0.717, 1.165) is 0 Å². The van der Waals surface area contributed by atoms with Gasteiger partial charge >= 0.3 is 37.1 Å². The second-order valence-electron chi connectivity index (χ2n) is 9.44. The summed E-state index contributed by atoms with van der Waals surface area (Å²) in [6, 6.07) is 0. The average molecular weight is 624 g/mol. The van der Waals surface area contributed by atoms with Crippen molar-refractivity contribution in [3.63, 3.8) is 0 Å². The van der Waals surface area contributed by atoms with E-state index in [-0.39, 0.29) is 20.8 Å². The van der Waals surface area contributed by atoms with E-state index in [1.54, 1.807) is 0 Å². The average Bonchev–Trinajstić information content (AvgIpc) is 2.61. The third kappa shape index (κ3) is 4.90. The van der Waals surface area contributed by atoms with Crippen molar-refractivity contribution in [1.29, 1.82) is 0 Å². The van der Waals surface area contributed by atoms with Gasteiger partial charge in [0, 0.05) is 17.8 Å². The minimum atomic E-state index is -7.17. The summed E-state index contributed by atoms with van der Waals surface area (Å²) in [6.07, 6.45) is -43.0. The van der Waals surface area contributed by atoms with Crippen LogP contribution in [0.1, 0.15) is 20.8 Å². The Morgan fingerprint density at radius 3 is 0.487 bits per heavy atom. The van der Waals surface area contributed by atoms with Crippen molar-refractivity contribution in [2.24, 2.45) is 35.5 Å². The molecule has 3 nitrogen and oxygen atoms in total. The zero-order valence-corrected chi connectivity index (χ0v) is 19.1. The molecule has 1 rings (SSSR count). The Labute approximate surface area is 205 Å². The van der Waals surface area contributed by atoms with Crippen LogP contribution in [-0.4, -0.2) is 69.2 Å². The van der Waals surface area contributed by atoms with E-state index in [0.29, 0.717) is 0 Å². The predicted octanol–water partition coefficient (Wildman–Crippen LogP) is 6.32. The van der Waals surface area contributed by atoms with Crippen LogP contribution in [0.3, 0.4) is 0 Å². The molecule has 1 fully saturated rings. The maximum atomic E-state index is 13.6. The largest absolute Gasteiger partial charge is 0.426 e. The van der Waals surface area contributed by atoms with Crippen LogP contribution in [0.2, 0.25) is 0 Å². The van der Waals surface area contributed by atoms with Gasteiger partial charge in [-0.2, -0.15) is 79.0 Å². The molecule has 0 spiro atoms. The highest BCUT2D eigenvalue weighted by atomic mass is 19.4. The molecule has 0 atom stereocenters. The fourth-order valence-electron chi connectivity index (χ4n) is 6.01. The van der Waals surface area contributed by atoms with E-state index < -0.39 is 89.4 Å². The molecule has 0 aliphatic heterocycles. The second-order valence-corrected chi connectivity index (χ2v) is 9.44. The van der Waals surface area contributed by atoms with Crippen LogP contribution in [0.4, 0.5) is 79.0 Å². The van der Waals surface area contributed by atoms with Gasteiger partial charge in [-0.1, -0.05) is 20.8 Å². The summed E-state index contributed by atoms with van der Waals surface area (Å²) in [6.45, 7) is -0.822. The second kappa shape index (κ2) is 9.32. The van der Waals surface area contributed by atoms with Crippen molar-refractivity contribution in [2.45, 2.75) is 74.6 Å². The number of halogens is 18. The number of rotatable bonds is 3. The molecule has 234 valence electrons. The van der Waals surface area contributed by atoms with Gasteiger partial charge in [-0.05, 0) is 17.8 Å². The number of alkyl halides is 18. The van der Waals surface area contributed by atoms with E-state index in [1.165, 1.54) is 0 Å². The van der Waals surface area contributed by atoms with E-state index in [9.17, 15) is 94.3 Å². The molecular formula is C18H18F18O3. The lowest BCUT2D eigenvalue weighted by Gasteiger charge is -2.60. The summed E-state index contributed by atoms with van der Waals surface area (Å²) in [5.41, 5.74) is -19.6. The van der Waals surface area contributed by atoms with Gasteiger partial charge in [0.25, 0.3) is 16.8 Å². The van der Waals surface area contributed by atoms with Crippen LogP contribution in [0.5, 0.6) is 0 Å². The molecule has 0 saturated heterocycles. The van der Waals surface area contributed by atoms with Crippen LogP contribution >= 0.6 is 0 Å². The Kier molecular flexibility index (Phi) is 8.52. The fourth-order valence-corrected chi connectivity index (χ4v) is 6.01. The van der Waals surface area contributed by atoms with Gasteiger partial charge in [-0.15, -0.1) is 0 Å². The predicted molar refractivity (Wildman–Crippen MR) is 89.1 cm³/mol. The first kappa shape index (κ1) is 35.6. The third-order valence-corrected chi connectivity index (χ3v) is 7.44. The normalized spacial score (nSPS) is 29.5. The zero-order chi connectivity index (χ0) is 32.0. The lowest BCUT2D eigenvalue weighted by atomic mass is 9.47. The Balaban J connectivity index is 4.45. The van der Waals surface area contributed by atoms with Crippen molar-refractivity contribution < 1.29 is 94.3 Å². The summed E-state index contributed by atoms with van der Waals surface area (Å²) in [5, 5.41) is 29.3. The van der Waals surface area contributed by atoms with E-state index in [4.69, 9.17) is 0 Å². The lowest BCUT2D eigenvalue weighted by Crippen LogP contribution is -2.76. The first-order chi connectivity index (χ1) is 16.6. The molecule has 0 bridgehead atoms. The van der Waals surface area contributed by atoms with Crippen LogP contribution < -0.4 is 0 Å². The first-order valence-corrected chi connectivity index (χ1v) is 10.2. The highest BCUT2D eigenvalue weighted by Gasteiger charge is 2.85. The molecule has 21 heteroatoms. The quantitative estimate of drug-likeness (QED) is 0.322. The molecule has 39 heavy (non-hydrogen) atoms. The van der Waals surface area contributed by atoms with Gasteiger partial charge in [-0.25, -0.2) is 0 Å². The van der Waals surface area contributed by atoms with Gasteiger partial charge in [0.2, 0.25) is 0 Å². The summed E-state index contributed by atoms with van der Waals surface area (Å²) in [7, 11) is 0. The molecule has 1 saturated carbocycles. The third-order valence-electron chi connectivity index (χ3n) is 7.44. The molecule has 0 aromatic rings. The molecule has 0 heterocycles. The van der Waals surface area contributed by atoms with Crippen LogP contribution in [0.25, 0.3) is 0 Å². The lowest BCUT2D eigenvalue weighted by molar-refractivity contribution is -0.440. The molecule has 1 aliphatic rings. The van der Waals surface area contributed by atoms with Crippen molar-refractivity contribution in [3.05, 3.63) is 0 Å². The van der Waals surface area contributed by atoms with Crippen molar-refractivity contribution in [2.75, 3.05) is 0 Å². The number of hydrogen-bond donors (Lipinski definition) is 3. The summed E-state index contributed by atoms with van der Waals surface area (Å²) < 4.78 is 245. The monoisotopic (exact) mass is 624 g/mol. The van der Waals surface area contributed by atoms with Crippen molar-refractivity contribution in [3.8, 4) is 0 Å². The zero-order valence-electron chi connectivity index (χ0n) is 19.1. The van der Waals surface area contributed by atoms with E-state index >= 15 is 0 Å². The summed E-state index contributed by atoms with van der Waals surface area (Å²) in [4.78, 5) is 0. The molecule has 1 aliphatic carbocycles.